The molecule has 0 saturated heterocycles. The molecule has 0 aromatic heterocycles. The molecule has 20 heavy (non-hydrogen) atoms. The first kappa shape index (κ1) is 15.0. The van der Waals surface area contributed by atoms with Crippen LogP contribution in [0.15, 0.2) is 24.3 Å². The van der Waals surface area contributed by atoms with Crippen molar-refractivity contribution in [3.63, 3.8) is 0 Å². The van der Waals surface area contributed by atoms with Crippen molar-refractivity contribution in [2.24, 2.45) is 17.1 Å². The lowest BCUT2D eigenvalue weighted by molar-refractivity contribution is -0.135. The number of hydrogen-bond donors (Lipinski definition) is 1. The molecule has 0 radical (unpaired) electrons. The van der Waals surface area contributed by atoms with Gasteiger partial charge in [0.05, 0.1) is 0 Å². The van der Waals surface area contributed by atoms with E-state index in [9.17, 15) is 4.79 Å². The van der Waals surface area contributed by atoms with Crippen molar-refractivity contribution in [2.45, 2.75) is 33.1 Å². The van der Waals surface area contributed by atoms with Gasteiger partial charge in [-0.15, -0.1) is 0 Å². The van der Waals surface area contributed by atoms with Crippen molar-refractivity contribution in [3.05, 3.63) is 35.4 Å². The Hall–Kier alpha value is -1.35. The summed E-state index contributed by atoms with van der Waals surface area (Å²) in [7, 11) is 1.90. The van der Waals surface area contributed by atoms with Gasteiger partial charge in [-0.2, -0.15) is 0 Å². The van der Waals surface area contributed by atoms with Crippen molar-refractivity contribution in [1.29, 1.82) is 0 Å². The molecule has 1 aromatic rings. The Bertz CT molecular complexity index is 482. The molecule has 0 bridgehead atoms. The summed E-state index contributed by atoms with van der Waals surface area (Å²) in [4.78, 5) is 14.5. The normalized spacial score (nSPS) is 18.5. The highest BCUT2D eigenvalue weighted by Crippen LogP contribution is 2.27. The molecule has 1 aliphatic rings. The van der Waals surface area contributed by atoms with Crippen molar-refractivity contribution in [3.8, 4) is 0 Å². The van der Waals surface area contributed by atoms with E-state index < -0.39 is 0 Å². The van der Waals surface area contributed by atoms with Gasteiger partial charge in [-0.25, -0.2) is 0 Å². The van der Waals surface area contributed by atoms with Gasteiger partial charge in [0.1, 0.15) is 0 Å². The highest BCUT2D eigenvalue weighted by Gasteiger charge is 2.29. The second kappa shape index (κ2) is 5.96. The van der Waals surface area contributed by atoms with Crippen LogP contribution in [0.25, 0.3) is 0 Å². The van der Waals surface area contributed by atoms with Gasteiger partial charge in [-0.1, -0.05) is 38.1 Å². The zero-order chi connectivity index (χ0) is 14.8. The van der Waals surface area contributed by atoms with E-state index in [-0.39, 0.29) is 17.2 Å². The second-order valence-electron chi connectivity index (χ2n) is 6.77. The maximum Gasteiger partial charge on any atom is 0.225 e. The molecule has 1 unspecified atom stereocenters. The van der Waals surface area contributed by atoms with Gasteiger partial charge in [-0.05, 0) is 42.3 Å². The van der Waals surface area contributed by atoms with Gasteiger partial charge in [0.2, 0.25) is 5.91 Å². The van der Waals surface area contributed by atoms with E-state index in [1.165, 1.54) is 11.1 Å². The van der Waals surface area contributed by atoms with Crippen LogP contribution in [0.5, 0.6) is 0 Å². The van der Waals surface area contributed by atoms with Crippen molar-refractivity contribution >= 4 is 5.91 Å². The molecular weight excluding hydrogens is 248 g/mol. The molecule has 0 saturated carbocycles. The summed E-state index contributed by atoms with van der Waals surface area (Å²) in [6.45, 7) is 5.53. The highest BCUT2D eigenvalue weighted by molar-refractivity contribution is 5.79. The Morgan fingerprint density at radius 2 is 2.00 bits per heavy atom. The average Bonchev–Trinajstić information content (AvgIpc) is 2.45. The Kier molecular flexibility index (Phi) is 4.48. The molecule has 1 aromatic carbocycles. The van der Waals surface area contributed by atoms with Gasteiger partial charge < -0.3 is 10.6 Å². The smallest absolute Gasteiger partial charge is 0.225 e. The number of benzene rings is 1. The minimum atomic E-state index is -0.0169. The summed E-state index contributed by atoms with van der Waals surface area (Å²) in [5.74, 6) is 0.393. The monoisotopic (exact) mass is 274 g/mol. The molecule has 2 N–H and O–H groups in total. The van der Waals surface area contributed by atoms with E-state index in [4.69, 9.17) is 5.73 Å². The standard InChI is InChI=1S/C17H26N2O/c1-17(2,11-18)12-19(3)16(20)15-9-8-13-6-4-5-7-14(13)10-15/h4-7,15H,8-12,18H2,1-3H3. The first-order valence-electron chi connectivity index (χ1n) is 7.45. The Morgan fingerprint density at radius 1 is 1.35 bits per heavy atom. The van der Waals surface area contributed by atoms with E-state index in [1.54, 1.807) is 0 Å². The Balaban J connectivity index is 2.01. The van der Waals surface area contributed by atoms with Crippen LogP contribution in [0, 0.1) is 11.3 Å². The molecular formula is C17H26N2O. The molecule has 0 fully saturated rings. The molecule has 0 heterocycles. The van der Waals surface area contributed by atoms with E-state index in [0.29, 0.717) is 6.54 Å². The van der Waals surface area contributed by atoms with Gasteiger partial charge in [0.15, 0.2) is 0 Å². The van der Waals surface area contributed by atoms with Crippen LogP contribution in [-0.4, -0.2) is 30.9 Å². The second-order valence-corrected chi connectivity index (χ2v) is 6.77. The fourth-order valence-electron chi connectivity index (χ4n) is 3.00. The number of amides is 1. The zero-order valence-electron chi connectivity index (χ0n) is 12.9. The molecule has 110 valence electrons. The number of carbonyl (C=O) groups excluding carboxylic acids is 1. The number of nitrogens with zero attached hydrogens (tertiary/aromatic N) is 1. The molecule has 3 nitrogen and oxygen atoms in total. The van der Waals surface area contributed by atoms with E-state index in [1.807, 2.05) is 11.9 Å². The van der Waals surface area contributed by atoms with Crippen LogP contribution >= 0.6 is 0 Å². The lowest BCUT2D eigenvalue weighted by Crippen LogP contribution is -2.43. The number of rotatable bonds is 4. The lowest BCUT2D eigenvalue weighted by Gasteiger charge is -2.33. The Labute approximate surface area is 122 Å². The first-order valence-corrected chi connectivity index (χ1v) is 7.45. The van der Waals surface area contributed by atoms with Gasteiger partial charge in [0, 0.05) is 19.5 Å². The van der Waals surface area contributed by atoms with E-state index in [0.717, 1.165) is 25.8 Å². The van der Waals surface area contributed by atoms with Crippen LogP contribution < -0.4 is 5.73 Å². The lowest BCUT2D eigenvalue weighted by atomic mass is 9.83. The third-order valence-electron chi connectivity index (χ3n) is 4.29. The molecule has 1 atom stereocenters. The fourth-order valence-corrected chi connectivity index (χ4v) is 3.00. The molecule has 1 amide bonds. The van der Waals surface area contributed by atoms with Crippen LogP contribution in [0.1, 0.15) is 31.4 Å². The average molecular weight is 274 g/mol. The number of carbonyl (C=O) groups is 1. The predicted molar refractivity (Wildman–Crippen MR) is 82.4 cm³/mol. The summed E-state index contributed by atoms with van der Waals surface area (Å²) in [5.41, 5.74) is 8.48. The minimum Gasteiger partial charge on any atom is -0.345 e. The molecule has 3 heteroatoms. The largest absolute Gasteiger partial charge is 0.345 e. The van der Waals surface area contributed by atoms with E-state index in [2.05, 4.69) is 38.1 Å². The SMILES string of the molecule is CN(CC(C)(C)CN)C(=O)C1CCc2ccccc2C1. The summed E-state index contributed by atoms with van der Waals surface area (Å²) < 4.78 is 0. The summed E-state index contributed by atoms with van der Waals surface area (Å²) in [6, 6.07) is 8.47. The fraction of sp³-hybridized carbons (Fsp3) is 0.588. The number of nitrogens with two attached hydrogens (primary N) is 1. The number of aryl methyl sites for hydroxylation is 1. The zero-order valence-corrected chi connectivity index (χ0v) is 12.9. The molecule has 2 rings (SSSR count). The quantitative estimate of drug-likeness (QED) is 0.915. The summed E-state index contributed by atoms with van der Waals surface area (Å²) in [6.07, 6.45) is 2.85. The molecule has 1 aliphatic carbocycles. The molecule has 0 spiro atoms. The maximum atomic E-state index is 12.6. The minimum absolute atomic E-state index is 0.0169. The van der Waals surface area contributed by atoms with Crippen LogP contribution in [-0.2, 0) is 17.6 Å². The van der Waals surface area contributed by atoms with Crippen molar-refractivity contribution in [2.75, 3.05) is 20.1 Å². The predicted octanol–water partition coefficient (Wildman–Crippen LogP) is 2.23. The maximum absolute atomic E-state index is 12.6. The van der Waals surface area contributed by atoms with Gasteiger partial charge >= 0.3 is 0 Å². The molecule has 0 aliphatic heterocycles. The van der Waals surface area contributed by atoms with Crippen molar-refractivity contribution < 1.29 is 4.79 Å². The third-order valence-corrected chi connectivity index (χ3v) is 4.29. The van der Waals surface area contributed by atoms with E-state index >= 15 is 0 Å². The van der Waals surface area contributed by atoms with Gasteiger partial charge in [-0.3, -0.25) is 4.79 Å². The third kappa shape index (κ3) is 3.40. The highest BCUT2D eigenvalue weighted by atomic mass is 16.2. The van der Waals surface area contributed by atoms with Crippen LogP contribution in [0.4, 0.5) is 0 Å². The summed E-state index contributed by atoms with van der Waals surface area (Å²) >= 11 is 0. The number of hydrogen-bond acceptors (Lipinski definition) is 2. The Morgan fingerprint density at radius 3 is 2.65 bits per heavy atom. The summed E-state index contributed by atoms with van der Waals surface area (Å²) in [5, 5.41) is 0. The van der Waals surface area contributed by atoms with Crippen LogP contribution in [0.2, 0.25) is 0 Å². The van der Waals surface area contributed by atoms with Crippen LogP contribution in [0.3, 0.4) is 0 Å². The number of fused-ring (bicyclic) bond motifs is 1. The van der Waals surface area contributed by atoms with Gasteiger partial charge in [0.25, 0.3) is 0 Å². The van der Waals surface area contributed by atoms with Crippen molar-refractivity contribution in [1.82, 2.24) is 4.90 Å². The first-order chi connectivity index (χ1) is 9.43. The topological polar surface area (TPSA) is 46.3 Å².